The van der Waals surface area contributed by atoms with Gasteiger partial charge in [0.2, 0.25) is 5.95 Å². The minimum atomic E-state index is -0.471. The first kappa shape index (κ1) is 10.1. The van der Waals surface area contributed by atoms with Crippen LogP contribution < -0.4 is 22.1 Å². The van der Waals surface area contributed by atoms with Crippen LogP contribution in [0.4, 0.5) is 5.95 Å². The van der Waals surface area contributed by atoms with Crippen molar-refractivity contribution in [2.75, 3.05) is 11.6 Å². The lowest BCUT2D eigenvalue weighted by molar-refractivity contribution is 0.573. The number of hydrazine groups is 1. The lowest BCUT2D eigenvalue weighted by atomic mass is 10.3. The molecule has 0 radical (unpaired) electrons. The number of nitrogens with two attached hydrogens (primary N) is 1. The molecule has 1 aliphatic rings. The summed E-state index contributed by atoms with van der Waals surface area (Å²) in [6, 6.07) is 0. The molecule has 3 rings (SSSR count). The number of aromatic nitrogens is 4. The number of nitrogens with one attached hydrogen (secondary N) is 1. The number of aromatic amines is 1. The van der Waals surface area contributed by atoms with E-state index in [2.05, 4.69) is 9.97 Å². The number of fused-ring (bicyclic) bond motifs is 3. The van der Waals surface area contributed by atoms with Crippen molar-refractivity contribution in [1.29, 1.82) is 0 Å². The predicted octanol–water partition coefficient (Wildman–Crippen LogP) is -1.49. The van der Waals surface area contributed by atoms with E-state index in [4.69, 9.17) is 5.84 Å². The monoisotopic (exact) mass is 236 g/mol. The standard InChI is InChI=1S/C9H12N6O2/c1-13-6-5(7(16)12-9(13)17)14-3-2-4-15(10)8(14)11-6/h2-4,10H2,1H3,(H,12,16,17). The lowest BCUT2D eigenvalue weighted by Gasteiger charge is -2.23. The molecule has 0 saturated carbocycles. The average molecular weight is 236 g/mol. The Kier molecular flexibility index (Phi) is 1.90. The molecule has 8 nitrogen and oxygen atoms in total. The Hall–Kier alpha value is -2.09. The Morgan fingerprint density at radius 3 is 2.88 bits per heavy atom. The van der Waals surface area contributed by atoms with Crippen LogP contribution in [0.15, 0.2) is 9.59 Å². The molecular weight excluding hydrogens is 224 g/mol. The zero-order valence-electron chi connectivity index (χ0n) is 9.30. The van der Waals surface area contributed by atoms with Crippen LogP contribution in [0.2, 0.25) is 0 Å². The van der Waals surface area contributed by atoms with Crippen LogP contribution in [-0.2, 0) is 13.6 Å². The molecule has 0 aromatic carbocycles. The summed E-state index contributed by atoms with van der Waals surface area (Å²) in [6.07, 6.45) is 0.844. The van der Waals surface area contributed by atoms with Crippen molar-refractivity contribution in [2.24, 2.45) is 12.9 Å². The molecule has 17 heavy (non-hydrogen) atoms. The largest absolute Gasteiger partial charge is 0.329 e. The molecule has 2 aromatic heterocycles. The van der Waals surface area contributed by atoms with Crippen molar-refractivity contribution in [1.82, 2.24) is 19.1 Å². The summed E-state index contributed by atoms with van der Waals surface area (Å²) in [5, 5.41) is 1.49. The van der Waals surface area contributed by atoms with Gasteiger partial charge >= 0.3 is 5.69 Å². The number of H-pyrrole nitrogens is 1. The summed E-state index contributed by atoms with van der Waals surface area (Å²) in [7, 11) is 1.57. The van der Waals surface area contributed by atoms with Crippen molar-refractivity contribution in [2.45, 2.75) is 13.0 Å². The minimum absolute atomic E-state index is 0.367. The molecule has 8 heteroatoms. The number of hydrogen-bond acceptors (Lipinski definition) is 5. The van der Waals surface area contributed by atoms with Gasteiger partial charge in [-0.1, -0.05) is 0 Å². The maximum absolute atomic E-state index is 11.8. The van der Waals surface area contributed by atoms with Crippen molar-refractivity contribution in [3.8, 4) is 0 Å². The Bertz CT molecular complexity index is 709. The second-order valence-corrected chi connectivity index (χ2v) is 4.10. The molecule has 3 heterocycles. The molecule has 0 bridgehead atoms. The van der Waals surface area contributed by atoms with E-state index in [9.17, 15) is 9.59 Å². The van der Waals surface area contributed by atoms with Crippen LogP contribution in [0.3, 0.4) is 0 Å². The third kappa shape index (κ3) is 1.24. The number of aryl methyl sites for hydroxylation is 2. The summed E-state index contributed by atoms with van der Waals surface area (Å²) in [6.45, 7) is 1.37. The Labute approximate surface area is 95.2 Å². The van der Waals surface area contributed by atoms with E-state index in [0.29, 0.717) is 30.2 Å². The summed E-state index contributed by atoms with van der Waals surface area (Å²) in [4.78, 5) is 29.8. The van der Waals surface area contributed by atoms with E-state index in [-0.39, 0.29) is 0 Å². The molecule has 2 aromatic rings. The molecule has 3 N–H and O–H groups in total. The first-order valence-electron chi connectivity index (χ1n) is 5.31. The molecule has 0 unspecified atom stereocenters. The number of imidazole rings is 1. The number of hydrogen-bond donors (Lipinski definition) is 2. The SMILES string of the molecule is Cn1c(=O)[nH]c(=O)c2c1nc1n2CCCN1N. The molecule has 0 atom stereocenters. The van der Waals surface area contributed by atoms with Crippen LogP contribution in [0, 0.1) is 0 Å². The number of anilines is 1. The molecule has 0 saturated heterocycles. The van der Waals surface area contributed by atoms with Crippen LogP contribution in [0.5, 0.6) is 0 Å². The fourth-order valence-electron chi connectivity index (χ4n) is 2.15. The highest BCUT2D eigenvalue weighted by Gasteiger charge is 2.22. The molecule has 90 valence electrons. The molecule has 0 spiro atoms. The molecule has 0 fully saturated rings. The first-order chi connectivity index (χ1) is 8.09. The van der Waals surface area contributed by atoms with Gasteiger partial charge in [0.15, 0.2) is 11.2 Å². The van der Waals surface area contributed by atoms with E-state index < -0.39 is 11.2 Å². The third-order valence-electron chi connectivity index (χ3n) is 3.02. The second kappa shape index (κ2) is 3.20. The Balaban J connectivity index is 2.50. The van der Waals surface area contributed by atoms with Crippen LogP contribution in [-0.4, -0.2) is 25.6 Å². The zero-order valence-corrected chi connectivity index (χ0v) is 9.30. The molecular formula is C9H12N6O2. The van der Waals surface area contributed by atoms with Gasteiger partial charge in [-0.05, 0) is 6.42 Å². The van der Waals surface area contributed by atoms with Gasteiger partial charge in [0, 0.05) is 20.1 Å². The Morgan fingerprint density at radius 2 is 2.12 bits per heavy atom. The van der Waals surface area contributed by atoms with Gasteiger partial charge in [-0.25, -0.2) is 10.6 Å². The van der Waals surface area contributed by atoms with E-state index >= 15 is 0 Å². The van der Waals surface area contributed by atoms with Gasteiger partial charge in [-0.3, -0.25) is 19.4 Å². The van der Waals surface area contributed by atoms with E-state index in [0.717, 1.165) is 6.42 Å². The van der Waals surface area contributed by atoms with Crippen LogP contribution in [0.25, 0.3) is 11.2 Å². The predicted molar refractivity (Wildman–Crippen MR) is 61.7 cm³/mol. The van der Waals surface area contributed by atoms with Crippen molar-refractivity contribution in [3.63, 3.8) is 0 Å². The van der Waals surface area contributed by atoms with Gasteiger partial charge in [-0.2, -0.15) is 4.98 Å². The molecule has 0 amide bonds. The zero-order chi connectivity index (χ0) is 12.2. The van der Waals surface area contributed by atoms with E-state index in [1.54, 1.807) is 11.6 Å². The average Bonchev–Trinajstić information content (AvgIpc) is 2.67. The summed E-state index contributed by atoms with van der Waals surface area (Å²) in [5.74, 6) is 6.32. The van der Waals surface area contributed by atoms with Gasteiger partial charge in [0.25, 0.3) is 5.56 Å². The van der Waals surface area contributed by atoms with Crippen molar-refractivity contribution >= 4 is 17.1 Å². The highest BCUT2D eigenvalue weighted by Crippen LogP contribution is 2.21. The maximum atomic E-state index is 11.8. The topological polar surface area (TPSA) is 102 Å². The highest BCUT2D eigenvalue weighted by atomic mass is 16.2. The van der Waals surface area contributed by atoms with Gasteiger partial charge in [0.05, 0.1) is 0 Å². The second-order valence-electron chi connectivity index (χ2n) is 4.10. The van der Waals surface area contributed by atoms with Crippen molar-refractivity contribution in [3.05, 3.63) is 20.8 Å². The highest BCUT2D eigenvalue weighted by molar-refractivity contribution is 5.74. The van der Waals surface area contributed by atoms with Gasteiger partial charge in [-0.15, -0.1) is 0 Å². The number of nitrogens with zero attached hydrogens (tertiary/aromatic N) is 4. The van der Waals surface area contributed by atoms with Gasteiger partial charge < -0.3 is 4.57 Å². The Morgan fingerprint density at radius 1 is 1.35 bits per heavy atom. The van der Waals surface area contributed by atoms with Gasteiger partial charge in [0.1, 0.15) is 0 Å². The fourth-order valence-corrected chi connectivity index (χ4v) is 2.15. The smallest absolute Gasteiger partial charge is 0.303 e. The molecule has 1 aliphatic heterocycles. The van der Waals surface area contributed by atoms with Crippen molar-refractivity contribution < 1.29 is 0 Å². The van der Waals surface area contributed by atoms with E-state index in [1.807, 2.05) is 0 Å². The fraction of sp³-hybridized carbons (Fsp3) is 0.444. The summed E-state index contributed by atoms with van der Waals surface area (Å²) < 4.78 is 3.06. The third-order valence-corrected chi connectivity index (χ3v) is 3.02. The van der Waals surface area contributed by atoms with Crippen LogP contribution >= 0.6 is 0 Å². The molecule has 0 aliphatic carbocycles. The summed E-state index contributed by atoms with van der Waals surface area (Å²) in [5.41, 5.74) is -0.123. The first-order valence-corrected chi connectivity index (χ1v) is 5.31. The number of rotatable bonds is 0. The lowest BCUT2D eigenvalue weighted by Crippen LogP contribution is -2.38. The van der Waals surface area contributed by atoms with Crippen LogP contribution in [0.1, 0.15) is 6.42 Å². The van der Waals surface area contributed by atoms with E-state index in [1.165, 1.54) is 9.58 Å². The maximum Gasteiger partial charge on any atom is 0.329 e. The summed E-state index contributed by atoms with van der Waals surface area (Å²) >= 11 is 0. The normalized spacial score (nSPS) is 15.3. The quantitative estimate of drug-likeness (QED) is 0.542. The minimum Gasteiger partial charge on any atom is -0.303 e.